The third-order valence-electron chi connectivity index (χ3n) is 3.63. The number of hydrogen-bond acceptors (Lipinski definition) is 3. The van der Waals surface area contributed by atoms with E-state index in [1.54, 1.807) is 6.07 Å². The molecule has 0 aliphatic heterocycles. The third kappa shape index (κ3) is 3.54. The fourth-order valence-electron chi connectivity index (χ4n) is 2.47. The van der Waals surface area contributed by atoms with Crippen molar-refractivity contribution in [1.29, 1.82) is 0 Å². The maximum atomic E-state index is 12.2. The Morgan fingerprint density at radius 1 is 1.22 bits per heavy atom. The van der Waals surface area contributed by atoms with Gasteiger partial charge in [0.1, 0.15) is 0 Å². The monoisotopic (exact) mass is 344 g/mol. The van der Waals surface area contributed by atoms with Crippen LogP contribution in [-0.4, -0.2) is 10.9 Å². The Bertz CT molecular complexity index is 857. The smallest absolute Gasteiger partial charge is 0.230 e. The van der Waals surface area contributed by atoms with Crippen LogP contribution in [0.5, 0.6) is 0 Å². The van der Waals surface area contributed by atoms with E-state index in [1.165, 1.54) is 16.9 Å². The molecular formula is C18H17ClN2OS. The molecule has 0 fully saturated rings. The predicted molar refractivity (Wildman–Crippen MR) is 97.5 cm³/mol. The van der Waals surface area contributed by atoms with Crippen LogP contribution in [0.1, 0.15) is 30.9 Å². The van der Waals surface area contributed by atoms with Crippen LogP contribution in [0.25, 0.3) is 10.2 Å². The zero-order valence-corrected chi connectivity index (χ0v) is 14.5. The highest BCUT2D eigenvalue weighted by Gasteiger charge is 2.13. The minimum Gasteiger partial charge on any atom is -0.302 e. The second-order valence-corrected chi connectivity index (χ2v) is 7.12. The van der Waals surface area contributed by atoms with Gasteiger partial charge in [-0.2, -0.15) is 0 Å². The Morgan fingerprint density at radius 3 is 2.74 bits per heavy atom. The average molecular weight is 345 g/mol. The molecule has 3 aromatic rings. The molecule has 118 valence electrons. The molecule has 0 saturated carbocycles. The summed E-state index contributed by atoms with van der Waals surface area (Å²) >= 11 is 7.59. The topological polar surface area (TPSA) is 42.0 Å². The summed E-state index contributed by atoms with van der Waals surface area (Å²) in [5.74, 6) is 0.288. The number of anilines is 1. The Morgan fingerprint density at radius 2 is 2.00 bits per heavy atom. The summed E-state index contributed by atoms with van der Waals surface area (Å²) in [5, 5.41) is 4.12. The largest absolute Gasteiger partial charge is 0.302 e. The number of carbonyl (C=O) groups excluding carboxylic acids is 1. The summed E-state index contributed by atoms with van der Waals surface area (Å²) in [5.41, 5.74) is 2.99. The molecule has 0 saturated heterocycles. The van der Waals surface area contributed by atoms with E-state index < -0.39 is 0 Å². The van der Waals surface area contributed by atoms with Crippen LogP contribution in [0.2, 0.25) is 5.02 Å². The zero-order chi connectivity index (χ0) is 16.4. The Balaban J connectivity index is 1.80. The fraction of sp³-hybridized carbons (Fsp3) is 0.222. The van der Waals surface area contributed by atoms with E-state index in [1.807, 2.05) is 30.3 Å². The summed E-state index contributed by atoms with van der Waals surface area (Å²) in [6.45, 7) is 4.29. The van der Waals surface area contributed by atoms with E-state index in [4.69, 9.17) is 11.6 Å². The van der Waals surface area contributed by atoms with E-state index >= 15 is 0 Å². The highest BCUT2D eigenvalue weighted by atomic mass is 35.5. The van der Waals surface area contributed by atoms with Gasteiger partial charge in [-0.3, -0.25) is 4.79 Å². The summed E-state index contributed by atoms with van der Waals surface area (Å²) in [6.07, 6.45) is 0.243. The molecule has 2 aromatic carbocycles. The second-order valence-electron chi connectivity index (χ2n) is 5.68. The van der Waals surface area contributed by atoms with Gasteiger partial charge in [0.05, 0.1) is 16.6 Å². The Hall–Kier alpha value is -1.91. The van der Waals surface area contributed by atoms with Crippen LogP contribution in [-0.2, 0) is 11.2 Å². The van der Waals surface area contributed by atoms with Crippen LogP contribution < -0.4 is 5.32 Å². The van der Waals surface area contributed by atoms with E-state index in [0.717, 1.165) is 15.8 Å². The predicted octanol–water partition coefficient (Wildman–Crippen LogP) is 5.25. The number of hydrogen-bond donors (Lipinski definition) is 1. The lowest BCUT2D eigenvalue weighted by atomic mass is 10.0. The van der Waals surface area contributed by atoms with Crippen LogP contribution in [0.3, 0.4) is 0 Å². The van der Waals surface area contributed by atoms with E-state index in [9.17, 15) is 4.79 Å². The van der Waals surface area contributed by atoms with Crippen molar-refractivity contribution in [2.45, 2.75) is 26.2 Å². The lowest BCUT2D eigenvalue weighted by Crippen LogP contribution is -2.14. The van der Waals surface area contributed by atoms with Gasteiger partial charge in [-0.05, 0) is 29.2 Å². The average Bonchev–Trinajstić information content (AvgIpc) is 2.91. The number of carbonyl (C=O) groups is 1. The first-order chi connectivity index (χ1) is 11.0. The van der Waals surface area contributed by atoms with Crippen molar-refractivity contribution < 1.29 is 4.79 Å². The Kier molecular flexibility index (Phi) is 4.64. The fourth-order valence-corrected chi connectivity index (χ4v) is 3.59. The number of amides is 1. The van der Waals surface area contributed by atoms with Crippen molar-refractivity contribution in [3.05, 3.63) is 58.6 Å². The maximum Gasteiger partial charge on any atom is 0.230 e. The van der Waals surface area contributed by atoms with Gasteiger partial charge < -0.3 is 5.32 Å². The van der Waals surface area contributed by atoms with E-state index in [0.29, 0.717) is 16.1 Å². The van der Waals surface area contributed by atoms with Gasteiger partial charge in [-0.15, -0.1) is 0 Å². The van der Waals surface area contributed by atoms with Gasteiger partial charge in [0.2, 0.25) is 5.91 Å². The molecule has 0 radical (unpaired) electrons. The van der Waals surface area contributed by atoms with Crippen molar-refractivity contribution in [3.8, 4) is 0 Å². The normalized spacial score (nSPS) is 11.1. The molecule has 5 heteroatoms. The molecule has 0 spiro atoms. The van der Waals surface area contributed by atoms with Gasteiger partial charge in [-0.25, -0.2) is 4.98 Å². The molecule has 1 amide bonds. The number of para-hydroxylation sites is 1. The molecule has 0 unspecified atom stereocenters. The minimum atomic E-state index is -0.108. The number of thiazole rings is 1. The third-order valence-corrected chi connectivity index (χ3v) is 4.93. The minimum absolute atomic E-state index is 0.108. The van der Waals surface area contributed by atoms with Gasteiger partial charge in [0.15, 0.2) is 5.13 Å². The molecular weight excluding hydrogens is 328 g/mol. The van der Waals surface area contributed by atoms with Crippen LogP contribution in [0.15, 0.2) is 42.5 Å². The van der Waals surface area contributed by atoms with Gasteiger partial charge >= 0.3 is 0 Å². The number of aromatic nitrogens is 1. The van der Waals surface area contributed by atoms with Crippen molar-refractivity contribution in [3.63, 3.8) is 0 Å². The van der Waals surface area contributed by atoms with Gasteiger partial charge in [-0.1, -0.05) is 67.1 Å². The molecule has 0 aliphatic rings. The molecule has 3 nitrogen and oxygen atoms in total. The first kappa shape index (κ1) is 16.0. The molecule has 0 atom stereocenters. The van der Waals surface area contributed by atoms with Crippen molar-refractivity contribution in [2.24, 2.45) is 0 Å². The van der Waals surface area contributed by atoms with E-state index in [2.05, 4.69) is 30.2 Å². The highest BCUT2D eigenvalue weighted by molar-refractivity contribution is 7.22. The lowest BCUT2D eigenvalue weighted by molar-refractivity contribution is -0.115. The molecule has 23 heavy (non-hydrogen) atoms. The van der Waals surface area contributed by atoms with Gasteiger partial charge in [0.25, 0.3) is 0 Å². The quantitative estimate of drug-likeness (QED) is 0.702. The van der Waals surface area contributed by atoms with Gasteiger partial charge in [0, 0.05) is 5.02 Å². The number of fused-ring (bicyclic) bond motifs is 1. The number of nitrogens with zero attached hydrogens (tertiary/aromatic N) is 1. The number of rotatable bonds is 4. The van der Waals surface area contributed by atoms with Crippen molar-refractivity contribution >= 4 is 44.2 Å². The molecule has 0 aliphatic carbocycles. The first-order valence-corrected chi connectivity index (χ1v) is 8.66. The zero-order valence-electron chi connectivity index (χ0n) is 13.0. The molecule has 0 bridgehead atoms. The standard InChI is InChI=1S/C18H17ClN2OS/c1-11(2)13-7-5-9-15-17(13)21-18(23-15)20-16(22)10-12-6-3-4-8-14(12)19/h3-9,11H,10H2,1-2H3,(H,20,21,22). The highest BCUT2D eigenvalue weighted by Crippen LogP contribution is 2.31. The molecule has 3 rings (SSSR count). The van der Waals surface area contributed by atoms with Crippen LogP contribution >= 0.6 is 22.9 Å². The molecule has 1 heterocycles. The van der Waals surface area contributed by atoms with Crippen molar-refractivity contribution in [2.75, 3.05) is 5.32 Å². The van der Waals surface area contributed by atoms with Crippen molar-refractivity contribution in [1.82, 2.24) is 4.98 Å². The summed E-state index contributed by atoms with van der Waals surface area (Å²) in [6, 6.07) is 13.5. The summed E-state index contributed by atoms with van der Waals surface area (Å²) in [7, 11) is 0. The Labute approximate surface area is 144 Å². The molecule has 1 N–H and O–H groups in total. The maximum absolute atomic E-state index is 12.2. The SMILES string of the molecule is CC(C)c1cccc2sc(NC(=O)Cc3ccccc3Cl)nc12. The lowest BCUT2D eigenvalue weighted by Gasteiger charge is -2.05. The number of nitrogens with one attached hydrogen (secondary N) is 1. The molecule has 1 aromatic heterocycles. The number of halogens is 1. The first-order valence-electron chi connectivity index (χ1n) is 7.47. The van der Waals surface area contributed by atoms with Crippen LogP contribution in [0, 0.1) is 0 Å². The summed E-state index contributed by atoms with van der Waals surface area (Å²) in [4.78, 5) is 16.8. The summed E-state index contributed by atoms with van der Waals surface area (Å²) < 4.78 is 1.09. The van der Waals surface area contributed by atoms with Crippen LogP contribution in [0.4, 0.5) is 5.13 Å². The van der Waals surface area contributed by atoms with E-state index in [-0.39, 0.29) is 12.3 Å². The second kappa shape index (κ2) is 6.69. The number of benzene rings is 2.